The summed E-state index contributed by atoms with van der Waals surface area (Å²) >= 11 is 0. The number of carboxylic acids is 1. The first kappa shape index (κ1) is 19.7. The van der Waals surface area contributed by atoms with Crippen LogP contribution in [-0.4, -0.2) is 46.6 Å². The van der Waals surface area contributed by atoms with Crippen LogP contribution in [0.5, 0.6) is 0 Å². The summed E-state index contributed by atoms with van der Waals surface area (Å²) in [6.07, 6.45) is 2.16. The molecule has 8 heteroatoms. The van der Waals surface area contributed by atoms with Gasteiger partial charge in [0.25, 0.3) is 0 Å². The number of anilines is 1. The zero-order valence-electron chi connectivity index (χ0n) is 14.5. The third-order valence-electron chi connectivity index (χ3n) is 3.32. The zero-order valence-corrected chi connectivity index (χ0v) is 14.5. The van der Waals surface area contributed by atoms with Crippen molar-refractivity contribution in [2.45, 2.75) is 46.3 Å². The third-order valence-corrected chi connectivity index (χ3v) is 3.32. The number of hydrogen-bond donors (Lipinski definition) is 2. The summed E-state index contributed by atoms with van der Waals surface area (Å²) < 4.78 is 11.8. The number of hydrogen-bond acceptors (Lipinski definition) is 6. The number of carbonyl (C=O) groups excluding carboxylic acids is 1. The minimum Gasteiger partial charge on any atom is -0.477 e. The van der Waals surface area contributed by atoms with Crippen LogP contribution in [0.2, 0.25) is 0 Å². The molecule has 0 aromatic carbocycles. The minimum absolute atomic E-state index is 0.345. The van der Waals surface area contributed by atoms with Gasteiger partial charge in [-0.2, -0.15) is 5.10 Å². The molecule has 1 heterocycles. The predicted molar refractivity (Wildman–Crippen MR) is 88.6 cm³/mol. The zero-order chi connectivity index (χ0) is 18.1. The maximum Gasteiger partial charge on any atom is 0.347 e. The maximum atomic E-state index is 11.9. The van der Waals surface area contributed by atoms with Crippen LogP contribution < -0.4 is 5.32 Å². The van der Waals surface area contributed by atoms with Gasteiger partial charge in [-0.1, -0.05) is 6.92 Å². The first-order valence-corrected chi connectivity index (χ1v) is 7.83. The predicted octanol–water partition coefficient (Wildman–Crippen LogP) is 1.95. The first-order valence-electron chi connectivity index (χ1n) is 7.83. The standard InChI is InChI=1S/C16H25N3O5/c1-5-12(3)24-16(22)13(15(20)21)10-17-14-9-11(2)18-19(14)7-6-8-23-4/h9-10,12,17H,5-8H2,1-4H3,(H,20,21). The molecule has 1 aromatic rings. The van der Waals surface area contributed by atoms with Crippen molar-refractivity contribution in [1.29, 1.82) is 0 Å². The first-order chi connectivity index (χ1) is 11.4. The molecule has 1 unspecified atom stereocenters. The molecule has 0 aliphatic heterocycles. The van der Waals surface area contributed by atoms with Gasteiger partial charge in [-0.3, -0.25) is 0 Å². The molecule has 1 aromatic heterocycles. The van der Waals surface area contributed by atoms with Gasteiger partial charge in [0.2, 0.25) is 0 Å². The summed E-state index contributed by atoms with van der Waals surface area (Å²) in [6, 6.07) is 1.77. The lowest BCUT2D eigenvalue weighted by molar-refractivity contribution is -0.147. The largest absolute Gasteiger partial charge is 0.477 e. The number of carboxylic acid groups (broad SMARTS) is 1. The van der Waals surface area contributed by atoms with Crippen LogP contribution in [-0.2, 0) is 25.6 Å². The highest BCUT2D eigenvalue weighted by Crippen LogP contribution is 2.12. The van der Waals surface area contributed by atoms with E-state index in [0.717, 1.165) is 18.3 Å². The van der Waals surface area contributed by atoms with Crippen molar-refractivity contribution in [3.05, 3.63) is 23.5 Å². The lowest BCUT2D eigenvalue weighted by Crippen LogP contribution is -2.21. The van der Waals surface area contributed by atoms with Gasteiger partial charge in [0.15, 0.2) is 5.57 Å². The number of ether oxygens (including phenoxy) is 2. The van der Waals surface area contributed by atoms with E-state index in [1.54, 1.807) is 24.8 Å². The summed E-state index contributed by atoms with van der Waals surface area (Å²) in [4.78, 5) is 23.2. The Morgan fingerprint density at radius 2 is 2.21 bits per heavy atom. The van der Waals surface area contributed by atoms with Crippen molar-refractivity contribution >= 4 is 17.8 Å². The van der Waals surface area contributed by atoms with Crippen molar-refractivity contribution in [3.63, 3.8) is 0 Å². The molecule has 0 amide bonds. The van der Waals surface area contributed by atoms with Crippen LogP contribution in [0.4, 0.5) is 5.82 Å². The van der Waals surface area contributed by atoms with Crippen LogP contribution >= 0.6 is 0 Å². The number of aliphatic carboxylic acids is 1. The van der Waals surface area contributed by atoms with Gasteiger partial charge in [-0.05, 0) is 26.7 Å². The SMILES string of the molecule is CCC(C)OC(=O)C(=CNc1cc(C)nn1CCCOC)C(=O)O. The van der Waals surface area contributed by atoms with Crippen molar-refractivity contribution in [3.8, 4) is 0 Å². The molecule has 8 nitrogen and oxygen atoms in total. The Kier molecular flexibility index (Phi) is 7.97. The number of esters is 1. The van der Waals surface area contributed by atoms with Gasteiger partial charge < -0.3 is 19.9 Å². The molecule has 24 heavy (non-hydrogen) atoms. The fraction of sp³-hybridized carbons (Fsp3) is 0.562. The molecule has 0 saturated carbocycles. The van der Waals surface area contributed by atoms with Gasteiger partial charge in [-0.25, -0.2) is 14.3 Å². The molecule has 0 saturated heterocycles. The van der Waals surface area contributed by atoms with Crippen LogP contribution in [0, 0.1) is 6.92 Å². The Morgan fingerprint density at radius 1 is 1.50 bits per heavy atom. The van der Waals surface area contributed by atoms with Crippen molar-refractivity contribution in [2.24, 2.45) is 0 Å². The summed E-state index contributed by atoms with van der Waals surface area (Å²) in [5.74, 6) is -1.62. The Bertz CT molecular complexity index is 595. The molecule has 0 fully saturated rings. The topological polar surface area (TPSA) is 103 Å². The van der Waals surface area contributed by atoms with Gasteiger partial charge >= 0.3 is 11.9 Å². The number of aromatic nitrogens is 2. The van der Waals surface area contributed by atoms with Crippen LogP contribution in [0.1, 0.15) is 32.4 Å². The molecular weight excluding hydrogens is 314 g/mol. The monoisotopic (exact) mass is 339 g/mol. The van der Waals surface area contributed by atoms with E-state index in [9.17, 15) is 14.7 Å². The average Bonchev–Trinajstić information content (AvgIpc) is 2.87. The number of methoxy groups -OCH3 is 1. The molecule has 1 rings (SSSR count). The van der Waals surface area contributed by atoms with E-state index >= 15 is 0 Å². The lowest BCUT2D eigenvalue weighted by atomic mass is 10.2. The quantitative estimate of drug-likeness (QED) is 0.221. The highest BCUT2D eigenvalue weighted by molar-refractivity contribution is 6.13. The number of nitrogens with one attached hydrogen (secondary N) is 1. The highest BCUT2D eigenvalue weighted by atomic mass is 16.5. The van der Waals surface area contributed by atoms with E-state index < -0.39 is 17.5 Å². The van der Waals surface area contributed by atoms with E-state index in [-0.39, 0.29) is 6.10 Å². The number of aryl methyl sites for hydroxylation is 2. The molecule has 0 radical (unpaired) electrons. The van der Waals surface area contributed by atoms with Gasteiger partial charge in [0.05, 0.1) is 11.8 Å². The van der Waals surface area contributed by atoms with Gasteiger partial charge in [0, 0.05) is 32.5 Å². The van der Waals surface area contributed by atoms with E-state index in [2.05, 4.69) is 10.4 Å². The molecule has 1 atom stereocenters. The second-order valence-corrected chi connectivity index (χ2v) is 5.37. The van der Waals surface area contributed by atoms with E-state index in [1.165, 1.54) is 0 Å². The molecule has 0 aliphatic rings. The number of rotatable bonds is 10. The summed E-state index contributed by atoms with van der Waals surface area (Å²) in [5.41, 5.74) is 0.319. The molecule has 0 bridgehead atoms. The molecule has 0 spiro atoms. The van der Waals surface area contributed by atoms with Crippen molar-refractivity contribution < 1.29 is 24.2 Å². The van der Waals surface area contributed by atoms with E-state index in [4.69, 9.17) is 9.47 Å². The fourth-order valence-electron chi connectivity index (χ4n) is 1.87. The minimum atomic E-state index is -1.35. The smallest absolute Gasteiger partial charge is 0.347 e. The van der Waals surface area contributed by atoms with E-state index in [0.29, 0.717) is 25.4 Å². The van der Waals surface area contributed by atoms with Crippen LogP contribution in [0.3, 0.4) is 0 Å². The Balaban J connectivity index is 2.86. The van der Waals surface area contributed by atoms with Crippen LogP contribution in [0.25, 0.3) is 0 Å². The number of carbonyl (C=O) groups is 2. The average molecular weight is 339 g/mol. The summed E-state index contributed by atoms with van der Waals surface area (Å²) in [5, 5.41) is 16.4. The Morgan fingerprint density at radius 3 is 2.79 bits per heavy atom. The Labute approximate surface area is 141 Å². The van der Waals surface area contributed by atoms with Gasteiger partial charge in [0.1, 0.15) is 5.82 Å². The number of nitrogens with zero attached hydrogens (tertiary/aromatic N) is 2. The normalized spacial score (nSPS) is 12.8. The fourth-order valence-corrected chi connectivity index (χ4v) is 1.87. The second-order valence-electron chi connectivity index (χ2n) is 5.37. The lowest BCUT2D eigenvalue weighted by Gasteiger charge is -2.11. The van der Waals surface area contributed by atoms with Crippen LogP contribution in [0.15, 0.2) is 17.8 Å². The Hall–Kier alpha value is -2.35. The van der Waals surface area contributed by atoms with Gasteiger partial charge in [-0.15, -0.1) is 0 Å². The second kappa shape index (κ2) is 9.71. The third kappa shape index (κ3) is 6.04. The van der Waals surface area contributed by atoms with E-state index in [1.807, 2.05) is 13.8 Å². The molecule has 2 N–H and O–H groups in total. The molecule has 0 aliphatic carbocycles. The summed E-state index contributed by atoms with van der Waals surface area (Å²) in [7, 11) is 1.62. The highest BCUT2D eigenvalue weighted by Gasteiger charge is 2.21. The maximum absolute atomic E-state index is 11.9. The summed E-state index contributed by atoms with van der Waals surface area (Å²) in [6.45, 7) is 6.59. The molecule has 134 valence electrons. The van der Waals surface area contributed by atoms with Crippen molar-refractivity contribution in [2.75, 3.05) is 19.0 Å². The molecular formula is C16H25N3O5. The van der Waals surface area contributed by atoms with Crippen molar-refractivity contribution in [1.82, 2.24) is 9.78 Å².